The van der Waals surface area contributed by atoms with E-state index < -0.39 is 0 Å². The van der Waals surface area contributed by atoms with Crippen molar-refractivity contribution in [2.24, 2.45) is 0 Å². The maximum absolute atomic E-state index is 11.6. The Labute approximate surface area is 107 Å². The first-order valence-electron chi connectivity index (χ1n) is 4.82. The monoisotopic (exact) mass is 327 g/mol. The number of aromatic nitrogens is 1. The lowest BCUT2D eigenvalue weighted by molar-refractivity contribution is 0.521. The van der Waals surface area contributed by atoms with Crippen LogP contribution in [0, 0.1) is 23.7 Å². The summed E-state index contributed by atoms with van der Waals surface area (Å²) in [6.07, 6.45) is 0. The fourth-order valence-corrected chi connectivity index (χ4v) is 1.74. The molecular formula is C12H10INO2. The summed E-state index contributed by atoms with van der Waals surface area (Å²) in [5.41, 5.74) is 3.70. The van der Waals surface area contributed by atoms with Crippen LogP contribution in [0.25, 0.3) is 11.1 Å². The van der Waals surface area contributed by atoms with Gasteiger partial charge in [-0.25, -0.2) is 4.79 Å². The number of hydrogen-bond acceptors (Lipinski definition) is 2. The van der Waals surface area contributed by atoms with Gasteiger partial charge >= 0.3 is 5.76 Å². The van der Waals surface area contributed by atoms with Crippen LogP contribution in [0.3, 0.4) is 0 Å². The first-order valence-corrected chi connectivity index (χ1v) is 5.90. The fourth-order valence-electron chi connectivity index (χ4n) is 1.57. The summed E-state index contributed by atoms with van der Waals surface area (Å²) in [7, 11) is 0. The third kappa shape index (κ3) is 1.87. The lowest BCUT2D eigenvalue weighted by atomic mass is 10.1. The molecule has 0 unspecified atom stereocenters. The number of aryl methyl sites for hydroxylation is 2. The molecule has 0 saturated heterocycles. The molecule has 0 aliphatic carbocycles. The van der Waals surface area contributed by atoms with Crippen LogP contribution in [0.2, 0.25) is 0 Å². The number of nitrogens with zero attached hydrogens (tertiary/aromatic N) is 1. The van der Waals surface area contributed by atoms with Crippen molar-refractivity contribution in [1.29, 1.82) is 0 Å². The highest BCUT2D eigenvalue weighted by Crippen LogP contribution is 2.18. The number of rotatable bonds is 1. The number of hydrogen-bond donors (Lipinski definition) is 0. The Bertz CT molecular complexity index is 655. The van der Waals surface area contributed by atoms with Crippen molar-refractivity contribution in [2.75, 3.05) is 0 Å². The van der Waals surface area contributed by atoms with Crippen LogP contribution in [0.15, 0.2) is 21.3 Å². The molecule has 4 heteroatoms. The molecule has 0 radical (unpaired) electrons. The lowest BCUT2D eigenvalue weighted by Gasteiger charge is -2.00. The molecule has 1 heterocycles. The topological polar surface area (TPSA) is 35.1 Å². The summed E-state index contributed by atoms with van der Waals surface area (Å²) in [5.74, 6) is 2.51. The molecule has 0 atom stereocenters. The van der Waals surface area contributed by atoms with E-state index in [1.54, 1.807) is 4.57 Å². The maximum Gasteiger partial charge on any atom is 0.420 e. The van der Waals surface area contributed by atoms with E-state index >= 15 is 0 Å². The second-order valence-electron chi connectivity index (χ2n) is 3.63. The average molecular weight is 327 g/mol. The molecule has 2 rings (SSSR count). The van der Waals surface area contributed by atoms with Gasteiger partial charge in [0.15, 0.2) is 5.58 Å². The Balaban J connectivity index is 2.72. The quantitative estimate of drug-likeness (QED) is 0.596. The smallest absolute Gasteiger partial charge is 0.408 e. The Hall–Kier alpha value is -1.22. The van der Waals surface area contributed by atoms with Gasteiger partial charge in [-0.1, -0.05) is 5.92 Å². The molecule has 0 aliphatic heterocycles. The normalized spacial score (nSPS) is 10.2. The van der Waals surface area contributed by atoms with Crippen molar-refractivity contribution in [1.82, 2.24) is 4.57 Å². The SMILES string of the molecule is Cc1cc2oc(=O)n(CC#CI)c2cc1C. The average Bonchev–Trinajstić information content (AvgIpc) is 2.52. The maximum atomic E-state index is 11.6. The van der Waals surface area contributed by atoms with Crippen LogP contribution >= 0.6 is 22.6 Å². The van der Waals surface area contributed by atoms with E-state index in [0.29, 0.717) is 12.1 Å². The van der Waals surface area contributed by atoms with Gasteiger partial charge in [0.25, 0.3) is 0 Å². The summed E-state index contributed by atoms with van der Waals surface area (Å²) < 4.78 is 9.46. The number of halogens is 1. The first kappa shape index (κ1) is 11.3. The van der Waals surface area contributed by atoms with Crippen molar-refractivity contribution in [3.8, 4) is 9.85 Å². The van der Waals surface area contributed by atoms with Crippen molar-refractivity contribution in [3.05, 3.63) is 33.8 Å². The third-order valence-electron chi connectivity index (χ3n) is 2.59. The Kier molecular flexibility index (Phi) is 3.06. The predicted octanol–water partition coefficient (Wildman–Crippen LogP) is 2.61. The predicted molar refractivity (Wildman–Crippen MR) is 71.7 cm³/mol. The summed E-state index contributed by atoms with van der Waals surface area (Å²) in [6, 6.07) is 3.85. The summed E-state index contributed by atoms with van der Waals surface area (Å²) >= 11 is 1.95. The Morgan fingerprint density at radius 2 is 2.06 bits per heavy atom. The molecule has 82 valence electrons. The van der Waals surface area contributed by atoms with Gasteiger partial charge in [0.1, 0.15) is 0 Å². The first-order chi connectivity index (χ1) is 7.63. The van der Waals surface area contributed by atoms with Gasteiger partial charge in [0.2, 0.25) is 0 Å². The largest absolute Gasteiger partial charge is 0.420 e. The van der Waals surface area contributed by atoms with Crippen molar-refractivity contribution in [3.63, 3.8) is 0 Å². The van der Waals surface area contributed by atoms with Crippen molar-refractivity contribution < 1.29 is 4.42 Å². The van der Waals surface area contributed by atoms with Crippen molar-refractivity contribution >= 4 is 33.7 Å². The molecule has 1 aromatic heterocycles. The highest BCUT2D eigenvalue weighted by Gasteiger charge is 2.09. The molecule has 0 spiro atoms. The highest BCUT2D eigenvalue weighted by molar-refractivity contribution is 14.1. The molecule has 16 heavy (non-hydrogen) atoms. The Morgan fingerprint density at radius 1 is 1.38 bits per heavy atom. The van der Waals surface area contributed by atoms with Gasteiger partial charge in [-0.05, 0) is 41.0 Å². The van der Waals surface area contributed by atoms with E-state index in [1.807, 2.05) is 48.6 Å². The Morgan fingerprint density at radius 3 is 2.75 bits per heavy atom. The summed E-state index contributed by atoms with van der Waals surface area (Å²) in [6.45, 7) is 4.38. The molecular weight excluding hydrogens is 317 g/mol. The summed E-state index contributed by atoms with van der Waals surface area (Å²) in [4.78, 5) is 11.6. The van der Waals surface area contributed by atoms with E-state index in [2.05, 4.69) is 9.85 Å². The standard InChI is InChI=1S/C12H10INO2/c1-8-6-10-11(7-9(8)2)16-12(15)14(10)5-3-4-13/h6-7H,5H2,1-2H3. The molecule has 0 fully saturated rings. The molecule has 1 aromatic carbocycles. The zero-order valence-electron chi connectivity index (χ0n) is 9.00. The molecule has 0 N–H and O–H groups in total. The minimum absolute atomic E-state index is 0.348. The second-order valence-corrected chi connectivity index (χ2v) is 4.17. The van der Waals surface area contributed by atoms with E-state index in [9.17, 15) is 4.79 Å². The third-order valence-corrected chi connectivity index (χ3v) is 2.97. The van der Waals surface area contributed by atoms with E-state index in [0.717, 1.165) is 16.6 Å². The molecule has 0 aliphatic rings. The van der Waals surface area contributed by atoms with Gasteiger partial charge < -0.3 is 4.42 Å². The van der Waals surface area contributed by atoms with Crippen LogP contribution in [0.4, 0.5) is 0 Å². The van der Waals surface area contributed by atoms with E-state index in [-0.39, 0.29) is 5.76 Å². The van der Waals surface area contributed by atoms with Gasteiger partial charge in [-0.2, -0.15) is 0 Å². The van der Waals surface area contributed by atoms with Gasteiger partial charge in [0.05, 0.1) is 12.1 Å². The van der Waals surface area contributed by atoms with Crippen LogP contribution in [0.1, 0.15) is 11.1 Å². The molecule has 0 saturated carbocycles. The van der Waals surface area contributed by atoms with Crippen LogP contribution in [-0.2, 0) is 6.54 Å². The number of benzene rings is 1. The van der Waals surface area contributed by atoms with Gasteiger partial charge in [-0.15, -0.1) is 0 Å². The minimum Gasteiger partial charge on any atom is -0.408 e. The van der Waals surface area contributed by atoms with Gasteiger partial charge in [-0.3, -0.25) is 4.57 Å². The molecule has 3 nitrogen and oxygen atoms in total. The fraction of sp³-hybridized carbons (Fsp3) is 0.250. The number of oxazole rings is 1. The van der Waals surface area contributed by atoms with Crippen molar-refractivity contribution in [2.45, 2.75) is 20.4 Å². The molecule has 2 aromatic rings. The van der Waals surface area contributed by atoms with Crippen LogP contribution < -0.4 is 5.76 Å². The highest BCUT2D eigenvalue weighted by atomic mass is 127. The molecule has 0 amide bonds. The molecule has 0 bridgehead atoms. The van der Waals surface area contributed by atoms with Gasteiger partial charge in [0, 0.05) is 22.6 Å². The van der Waals surface area contributed by atoms with Crippen LogP contribution in [-0.4, -0.2) is 4.57 Å². The van der Waals surface area contributed by atoms with E-state index in [1.165, 1.54) is 0 Å². The zero-order valence-corrected chi connectivity index (χ0v) is 11.2. The number of fused-ring (bicyclic) bond motifs is 1. The van der Waals surface area contributed by atoms with Crippen LogP contribution in [0.5, 0.6) is 0 Å². The zero-order chi connectivity index (χ0) is 11.7. The lowest BCUT2D eigenvalue weighted by Crippen LogP contribution is -2.13. The minimum atomic E-state index is -0.348. The summed E-state index contributed by atoms with van der Waals surface area (Å²) in [5, 5.41) is 0. The second kappa shape index (κ2) is 4.34. The van der Waals surface area contributed by atoms with E-state index in [4.69, 9.17) is 4.42 Å².